The van der Waals surface area contributed by atoms with Crippen LogP contribution in [0.25, 0.3) is 0 Å². The van der Waals surface area contributed by atoms with Crippen molar-refractivity contribution in [1.82, 2.24) is 0 Å². The van der Waals surface area contributed by atoms with Crippen molar-refractivity contribution in [2.75, 3.05) is 19.8 Å². The smallest absolute Gasteiger partial charge is 0.306 e. The summed E-state index contributed by atoms with van der Waals surface area (Å²) in [6.45, 7) is 7.55. The Labute approximate surface area is 347 Å². The molecule has 0 aromatic carbocycles. The predicted molar refractivity (Wildman–Crippen MR) is 242 cm³/mol. The van der Waals surface area contributed by atoms with Gasteiger partial charge in [-0.3, -0.25) is 9.59 Å². The van der Waals surface area contributed by atoms with Crippen LogP contribution in [0.2, 0.25) is 0 Å². The quantitative estimate of drug-likeness (QED) is 0.0351. The minimum absolute atomic E-state index is 0.0741. The summed E-state index contributed by atoms with van der Waals surface area (Å²) in [6.07, 6.45) is 59.1. The maximum absolute atomic E-state index is 12.7. The van der Waals surface area contributed by atoms with Crippen LogP contribution < -0.4 is 0 Å². The van der Waals surface area contributed by atoms with Gasteiger partial charge in [0.1, 0.15) is 6.61 Å². The van der Waals surface area contributed by atoms with Crippen molar-refractivity contribution in [2.45, 2.75) is 219 Å². The van der Waals surface area contributed by atoms with Gasteiger partial charge in [0.15, 0.2) is 6.10 Å². The van der Waals surface area contributed by atoms with Gasteiger partial charge in [0, 0.05) is 19.4 Å². The van der Waals surface area contributed by atoms with E-state index in [1.54, 1.807) is 0 Å². The Morgan fingerprint density at radius 2 is 0.804 bits per heavy atom. The van der Waals surface area contributed by atoms with E-state index in [0.29, 0.717) is 19.4 Å². The van der Waals surface area contributed by atoms with Crippen molar-refractivity contribution in [3.8, 4) is 0 Å². The van der Waals surface area contributed by atoms with E-state index >= 15 is 0 Å². The van der Waals surface area contributed by atoms with Gasteiger partial charge >= 0.3 is 11.9 Å². The number of unbranched alkanes of at least 4 members (excludes halogenated alkanes) is 19. The molecule has 0 aromatic heterocycles. The summed E-state index contributed by atoms with van der Waals surface area (Å²) in [7, 11) is 0. The Kier molecular flexibility index (Phi) is 44.5. The monoisotopic (exact) mass is 781 g/mol. The van der Waals surface area contributed by atoms with Gasteiger partial charge in [-0.05, 0) is 83.5 Å². The summed E-state index contributed by atoms with van der Waals surface area (Å²) in [5.74, 6) is -0.423. The molecule has 0 saturated heterocycles. The zero-order valence-electron chi connectivity index (χ0n) is 36.9. The summed E-state index contributed by atoms with van der Waals surface area (Å²) in [4.78, 5) is 25.2. The number of carbonyl (C=O) groups excluding carboxylic acids is 2. The average Bonchev–Trinajstić information content (AvgIpc) is 3.20. The number of hydrogen-bond acceptors (Lipinski definition) is 5. The molecule has 0 spiro atoms. The summed E-state index contributed by atoms with van der Waals surface area (Å²) in [5.41, 5.74) is 0. The normalized spacial score (nSPS) is 12.8. The molecule has 0 aliphatic rings. The summed E-state index contributed by atoms with van der Waals surface area (Å²) in [6, 6.07) is 0. The molecule has 322 valence electrons. The SMILES string of the molecule is CC/C=C\C/C=C\C/C=C\CCCCCCCCCC(=O)OCC(COCCCCCCCC)OC(=O)CCCCCCCCC/C=C\C/C=C\C/C=C\CC. The third-order valence-corrected chi connectivity index (χ3v) is 9.74. The van der Waals surface area contributed by atoms with Crippen molar-refractivity contribution in [3.63, 3.8) is 0 Å². The highest BCUT2D eigenvalue weighted by atomic mass is 16.6. The maximum atomic E-state index is 12.7. The van der Waals surface area contributed by atoms with Crippen LogP contribution in [0.15, 0.2) is 72.9 Å². The van der Waals surface area contributed by atoms with E-state index in [1.165, 1.54) is 77.0 Å². The van der Waals surface area contributed by atoms with Crippen molar-refractivity contribution in [3.05, 3.63) is 72.9 Å². The molecule has 5 heteroatoms. The molecule has 5 nitrogen and oxygen atoms in total. The van der Waals surface area contributed by atoms with Crippen LogP contribution >= 0.6 is 0 Å². The van der Waals surface area contributed by atoms with E-state index < -0.39 is 6.10 Å². The predicted octanol–water partition coefficient (Wildman–Crippen LogP) is 15.6. The molecule has 0 fully saturated rings. The molecule has 0 aromatic rings. The van der Waals surface area contributed by atoms with Gasteiger partial charge in [0.2, 0.25) is 0 Å². The van der Waals surface area contributed by atoms with Crippen molar-refractivity contribution in [2.24, 2.45) is 0 Å². The second-order valence-electron chi connectivity index (χ2n) is 15.3. The molecular weight excluding hydrogens is 693 g/mol. The first-order valence-corrected chi connectivity index (χ1v) is 23.5. The van der Waals surface area contributed by atoms with Gasteiger partial charge in [-0.2, -0.15) is 0 Å². The van der Waals surface area contributed by atoms with Gasteiger partial charge in [-0.1, -0.05) is 190 Å². The number of hydrogen-bond donors (Lipinski definition) is 0. The van der Waals surface area contributed by atoms with Gasteiger partial charge in [0.05, 0.1) is 6.61 Å². The lowest BCUT2D eigenvalue weighted by atomic mass is 10.1. The van der Waals surface area contributed by atoms with Crippen LogP contribution in [0.4, 0.5) is 0 Å². The molecule has 0 radical (unpaired) electrons. The molecule has 0 bridgehead atoms. The standard InChI is InChI=1S/C51H88O5/c1-4-7-10-13-16-18-20-22-24-26-28-30-32-34-36-38-41-44-50(52)55-48-49(47-54-46-43-40-15-12-9-6-3)56-51(53)45-42-39-37-35-33-31-29-27-25-23-21-19-17-14-11-8-5-2/h7-8,10-11,16-19,22-25,49H,4-6,9,12-15,20-21,26-48H2,1-3H3/b10-7-,11-8-,18-16-,19-17-,24-22-,25-23-. The Balaban J connectivity index is 4.14. The number of ether oxygens (including phenoxy) is 3. The third kappa shape index (κ3) is 44.1. The molecule has 1 atom stereocenters. The lowest BCUT2D eigenvalue weighted by molar-refractivity contribution is -0.163. The van der Waals surface area contributed by atoms with Gasteiger partial charge in [0.25, 0.3) is 0 Å². The van der Waals surface area contributed by atoms with E-state index in [9.17, 15) is 9.59 Å². The van der Waals surface area contributed by atoms with Crippen molar-refractivity contribution < 1.29 is 23.8 Å². The Morgan fingerprint density at radius 1 is 0.411 bits per heavy atom. The van der Waals surface area contributed by atoms with Crippen LogP contribution in [-0.2, 0) is 23.8 Å². The lowest BCUT2D eigenvalue weighted by Crippen LogP contribution is -2.30. The lowest BCUT2D eigenvalue weighted by Gasteiger charge is -2.18. The number of esters is 2. The highest BCUT2D eigenvalue weighted by molar-refractivity contribution is 5.70. The fourth-order valence-electron chi connectivity index (χ4n) is 6.30. The molecule has 0 N–H and O–H groups in total. The zero-order valence-corrected chi connectivity index (χ0v) is 36.9. The zero-order chi connectivity index (χ0) is 40.7. The first-order chi connectivity index (χ1) is 27.6. The third-order valence-electron chi connectivity index (χ3n) is 9.74. The van der Waals surface area contributed by atoms with Gasteiger partial charge in [-0.15, -0.1) is 0 Å². The van der Waals surface area contributed by atoms with Crippen LogP contribution in [0.5, 0.6) is 0 Å². The molecule has 0 heterocycles. The number of carbonyl (C=O) groups is 2. The molecule has 0 amide bonds. The minimum atomic E-state index is -0.543. The van der Waals surface area contributed by atoms with Crippen LogP contribution in [0, 0.1) is 0 Å². The second kappa shape index (κ2) is 46.7. The van der Waals surface area contributed by atoms with E-state index in [1.807, 2.05) is 0 Å². The highest BCUT2D eigenvalue weighted by Crippen LogP contribution is 2.13. The van der Waals surface area contributed by atoms with E-state index in [0.717, 1.165) is 103 Å². The topological polar surface area (TPSA) is 61.8 Å². The summed E-state index contributed by atoms with van der Waals surface area (Å²) in [5, 5.41) is 0. The van der Waals surface area contributed by atoms with Crippen molar-refractivity contribution >= 4 is 11.9 Å². The molecule has 0 saturated carbocycles. The van der Waals surface area contributed by atoms with Crippen LogP contribution in [-0.4, -0.2) is 37.9 Å². The van der Waals surface area contributed by atoms with E-state index in [4.69, 9.17) is 14.2 Å². The first kappa shape index (κ1) is 53.3. The largest absolute Gasteiger partial charge is 0.462 e. The summed E-state index contributed by atoms with van der Waals surface area (Å²) < 4.78 is 17.2. The molecule has 1 unspecified atom stereocenters. The van der Waals surface area contributed by atoms with Gasteiger partial charge in [-0.25, -0.2) is 0 Å². The molecular formula is C51H88O5. The molecule has 0 aliphatic carbocycles. The average molecular weight is 781 g/mol. The summed E-state index contributed by atoms with van der Waals surface area (Å²) >= 11 is 0. The van der Waals surface area contributed by atoms with Crippen molar-refractivity contribution in [1.29, 1.82) is 0 Å². The number of rotatable bonds is 42. The molecule has 56 heavy (non-hydrogen) atoms. The number of allylic oxidation sites excluding steroid dienone is 12. The Hall–Kier alpha value is -2.66. The highest BCUT2D eigenvalue weighted by Gasteiger charge is 2.17. The van der Waals surface area contributed by atoms with Crippen LogP contribution in [0.1, 0.15) is 213 Å². The minimum Gasteiger partial charge on any atom is -0.462 e. The van der Waals surface area contributed by atoms with Crippen LogP contribution in [0.3, 0.4) is 0 Å². The first-order valence-electron chi connectivity index (χ1n) is 23.5. The Morgan fingerprint density at radius 3 is 1.29 bits per heavy atom. The fraction of sp³-hybridized carbons (Fsp3) is 0.725. The van der Waals surface area contributed by atoms with Gasteiger partial charge < -0.3 is 14.2 Å². The molecule has 0 rings (SSSR count). The fourth-order valence-corrected chi connectivity index (χ4v) is 6.30. The van der Waals surface area contributed by atoms with E-state index in [2.05, 4.69) is 93.7 Å². The van der Waals surface area contributed by atoms with E-state index in [-0.39, 0.29) is 25.2 Å². The maximum Gasteiger partial charge on any atom is 0.306 e. The Bertz CT molecular complexity index is 1020. The molecule has 0 aliphatic heterocycles. The second-order valence-corrected chi connectivity index (χ2v) is 15.3.